The smallest absolute Gasteiger partial charge is 0.298 e. The molecule has 2 aromatic rings. The van der Waals surface area contributed by atoms with Crippen LogP contribution < -0.4 is 5.32 Å². The lowest BCUT2D eigenvalue weighted by Gasteiger charge is -2.34. The Labute approximate surface area is 148 Å². The molecular formula is C21H24N2O2. The highest BCUT2D eigenvalue weighted by Gasteiger charge is 2.57. The van der Waals surface area contributed by atoms with E-state index in [0.717, 1.165) is 35.0 Å². The summed E-state index contributed by atoms with van der Waals surface area (Å²) in [7, 11) is 0. The molecule has 0 aromatic heterocycles. The van der Waals surface area contributed by atoms with Crippen molar-refractivity contribution in [2.24, 2.45) is 21.9 Å². The van der Waals surface area contributed by atoms with E-state index in [1.54, 1.807) is 0 Å². The van der Waals surface area contributed by atoms with Crippen molar-refractivity contribution < 1.29 is 9.63 Å². The Morgan fingerprint density at radius 3 is 2.68 bits per heavy atom. The van der Waals surface area contributed by atoms with E-state index in [1.165, 1.54) is 6.42 Å². The van der Waals surface area contributed by atoms with Crippen molar-refractivity contribution in [2.45, 2.75) is 40.0 Å². The van der Waals surface area contributed by atoms with Gasteiger partial charge in [0.25, 0.3) is 0 Å². The molecule has 0 saturated heterocycles. The average molecular weight is 336 g/mol. The zero-order chi connectivity index (χ0) is 17.7. The number of carbonyl (C=O) groups excluding carboxylic acids is 1. The maximum atomic E-state index is 12.3. The lowest BCUT2D eigenvalue weighted by atomic mass is 9.71. The second-order valence-electron chi connectivity index (χ2n) is 8.19. The van der Waals surface area contributed by atoms with Crippen molar-refractivity contribution in [1.82, 2.24) is 0 Å². The van der Waals surface area contributed by atoms with Gasteiger partial charge in [0.05, 0.1) is 11.4 Å². The molecule has 1 amide bonds. The first kappa shape index (κ1) is 16.1. The lowest BCUT2D eigenvalue weighted by Crippen LogP contribution is -2.36. The first-order valence-corrected chi connectivity index (χ1v) is 8.95. The molecule has 2 fully saturated rings. The minimum Gasteiger partial charge on any atom is -0.298 e. The number of rotatable bonds is 2. The number of nitrogens with zero attached hydrogens (tertiary/aromatic N) is 1. The third kappa shape index (κ3) is 2.60. The maximum absolute atomic E-state index is 12.3. The molecule has 2 aromatic carbocycles. The molecule has 25 heavy (non-hydrogen) atoms. The predicted octanol–water partition coefficient (Wildman–Crippen LogP) is 5.59. The largest absolute Gasteiger partial charge is 0.437 e. The summed E-state index contributed by atoms with van der Waals surface area (Å²) in [6.07, 6.45) is 2.98. The Morgan fingerprint density at radius 2 is 1.92 bits per heavy atom. The Kier molecular flexibility index (Phi) is 3.60. The van der Waals surface area contributed by atoms with Gasteiger partial charge < -0.3 is 0 Å². The van der Waals surface area contributed by atoms with E-state index in [0.29, 0.717) is 5.92 Å². The van der Waals surface area contributed by atoms with Crippen LogP contribution in [0.15, 0.2) is 47.6 Å². The van der Waals surface area contributed by atoms with Crippen LogP contribution in [-0.2, 0) is 4.84 Å². The van der Waals surface area contributed by atoms with Crippen LogP contribution in [0, 0.1) is 16.7 Å². The summed E-state index contributed by atoms with van der Waals surface area (Å²) in [6.45, 7) is 6.67. The summed E-state index contributed by atoms with van der Waals surface area (Å²) >= 11 is 0. The zero-order valence-corrected chi connectivity index (χ0v) is 15.0. The van der Waals surface area contributed by atoms with E-state index < -0.39 is 6.09 Å². The standard InChI is InChI=1S/C21H24N2O2/c1-20(2)15-11-12-21(3,13-15)18(20)23-25-19(24)22-17-10-6-8-14-7-4-5-9-16(14)17/h4-10,15H,11-13H2,1-3H3,(H,22,24). The number of anilines is 1. The van der Waals surface area contributed by atoms with E-state index >= 15 is 0 Å². The van der Waals surface area contributed by atoms with Crippen molar-refractivity contribution >= 4 is 28.3 Å². The summed E-state index contributed by atoms with van der Waals surface area (Å²) in [5, 5.41) is 9.20. The Balaban J connectivity index is 1.53. The van der Waals surface area contributed by atoms with Gasteiger partial charge in [0.2, 0.25) is 0 Å². The number of benzene rings is 2. The van der Waals surface area contributed by atoms with Gasteiger partial charge in [-0.15, -0.1) is 0 Å². The molecule has 2 aliphatic carbocycles. The number of nitrogens with one attached hydrogen (secondary N) is 1. The molecule has 2 atom stereocenters. The van der Waals surface area contributed by atoms with Crippen molar-refractivity contribution in [2.75, 3.05) is 5.32 Å². The highest BCUT2D eigenvalue weighted by molar-refractivity contribution is 6.01. The molecule has 4 nitrogen and oxygen atoms in total. The van der Waals surface area contributed by atoms with Crippen LogP contribution in [-0.4, -0.2) is 11.8 Å². The first-order chi connectivity index (χ1) is 11.9. The van der Waals surface area contributed by atoms with E-state index in [4.69, 9.17) is 4.84 Å². The zero-order valence-electron chi connectivity index (χ0n) is 15.0. The van der Waals surface area contributed by atoms with Crippen molar-refractivity contribution in [3.05, 3.63) is 42.5 Å². The third-order valence-corrected chi connectivity index (χ3v) is 6.19. The molecule has 0 spiro atoms. The molecule has 1 N–H and O–H groups in total. The van der Waals surface area contributed by atoms with Gasteiger partial charge in [0, 0.05) is 16.2 Å². The summed E-state index contributed by atoms with van der Waals surface area (Å²) in [4.78, 5) is 17.6. The van der Waals surface area contributed by atoms with E-state index in [1.807, 2.05) is 42.5 Å². The molecule has 2 unspecified atom stereocenters. The quantitative estimate of drug-likeness (QED) is 0.574. The number of hydrogen-bond donors (Lipinski definition) is 1. The molecule has 0 radical (unpaired) electrons. The minimum atomic E-state index is -0.536. The Hall–Kier alpha value is -2.36. The number of fused-ring (bicyclic) bond motifs is 3. The third-order valence-electron chi connectivity index (χ3n) is 6.19. The molecule has 2 bridgehead atoms. The second kappa shape index (κ2) is 5.58. The number of oxime groups is 1. The van der Waals surface area contributed by atoms with Gasteiger partial charge in [-0.1, -0.05) is 62.3 Å². The van der Waals surface area contributed by atoms with Gasteiger partial charge in [0.15, 0.2) is 0 Å². The number of carbonyl (C=O) groups is 1. The lowest BCUT2D eigenvalue weighted by molar-refractivity contribution is 0.162. The topological polar surface area (TPSA) is 50.7 Å². The van der Waals surface area contributed by atoms with Crippen LogP contribution in [0.3, 0.4) is 0 Å². The normalized spacial score (nSPS) is 28.4. The molecular weight excluding hydrogens is 312 g/mol. The molecule has 0 aliphatic heterocycles. The molecule has 0 heterocycles. The molecule has 130 valence electrons. The molecule has 2 aliphatic rings. The van der Waals surface area contributed by atoms with Crippen LogP contribution >= 0.6 is 0 Å². The fourth-order valence-corrected chi connectivity index (χ4v) is 4.83. The van der Waals surface area contributed by atoms with E-state index in [2.05, 4.69) is 31.2 Å². The van der Waals surface area contributed by atoms with Gasteiger partial charge in [-0.2, -0.15) is 0 Å². The highest BCUT2D eigenvalue weighted by Crippen LogP contribution is 2.60. The van der Waals surface area contributed by atoms with Gasteiger partial charge in [-0.25, -0.2) is 4.79 Å². The fraction of sp³-hybridized carbons (Fsp3) is 0.429. The average Bonchev–Trinajstić information content (AvgIpc) is 3.06. The van der Waals surface area contributed by atoms with Gasteiger partial charge in [0.1, 0.15) is 0 Å². The Bertz CT molecular complexity index is 859. The molecule has 2 saturated carbocycles. The van der Waals surface area contributed by atoms with Crippen LogP contribution in [0.4, 0.5) is 10.5 Å². The van der Waals surface area contributed by atoms with Gasteiger partial charge >= 0.3 is 6.09 Å². The maximum Gasteiger partial charge on any atom is 0.437 e. The van der Waals surface area contributed by atoms with Crippen LogP contribution in [0.2, 0.25) is 0 Å². The summed E-state index contributed by atoms with van der Waals surface area (Å²) in [5.41, 5.74) is 1.85. The Morgan fingerprint density at radius 1 is 1.16 bits per heavy atom. The van der Waals surface area contributed by atoms with Crippen molar-refractivity contribution in [3.63, 3.8) is 0 Å². The van der Waals surface area contributed by atoms with Crippen molar-refractivity contribution in [3.8, 4) is 0 Å². The monoisotopic (exact) mass is 336 g/mol. The number of amides is 1. The van der Waals surface area contributed by atoms with Crippen LogP contribution in [0.25, 0.3) is 10.8 Å². The van der Waals surface area contributed by atoms with Gasteiger partial charge in [-0.05, 0) is 36.6 Å². The van der Waals surface area contributed by atoms with Crippen LogP contribution in [0.1, 0.15) is 40.0 Å². The SMILES string of the molecule is CC12CCC(C1)C(C)(C)C2=NOC(=O)Nc1cccc2ccccc12. The summed E-state index contributed by atoms with van der Waals surface area (Å²) < 4.78 is 0. The van der Waals surface area contributed by atoms with Gasteiger partial charge in [-0.3, -0.25) is 10.2 Å². The van der Waals surface area contributed by atoms with Crippen LogP contribution in [0.5, 0.6) is 0 Å². The summed E-state index contributed by atoms with van der Waals surface area (Å²) in [5.74, 6) is 0.640. The minimum absolute atomic E-state index is 0.00667. The highest BCUT2D eigenvalue weighted by atomic mass is 16.7. The number of hydrogen-bond acceptors (Lipinski definition) is 3. The van der Waals surface area contributed by atoms with Crippen molar-refractivity contribution in [1.29, 1.82) is 0 Å². The molecule has 4 heteroatoms. The first-order valence-electron chi connectivity index (χ1n) is 8.95. The fourth-order valence-electron chi connectivity index (χ4n) is 4.83. The second-order valence-corrected chi connectivity index (χ2v) is 8.19. The summed E-state index contributed by atoms with van der Waals surface area (Å²) in [6, 6.07) is 13.8. The van der Waals surface area contributed by atoms with E-state index in [-0.39, 0.29) is 10.8 Å². The molecule has 4 rings (SSSR count). The van der Waals surface area contributed by atoms with E-state index in [9.17, 15) is 4.79 Å². The predicted molar refractivity (Wildman–Crippen MR) is 101 cm³/mol.